The van der Waals surface area contributed by atoms with E-state index in [1.165, 1.54) is 16.2 Å². The standard InChI is InChI=1S/C23H20N4O4S/c24-11-4-12-27(17-5-2-1-3-6-17)22(29)10-9-21(28)26-23-25-18(14-32-23)16-7-8-19-20(13-16)31-15-30-19/h1-3,5-8,13-14H,4,9-10,12,15H2,(H,25,26,28). The van der Waals surface area contributed by atoms with Gasteiger partial charge in [0, 0.05) is 36.0 Å². The van der Waals surface area contributed by atoms with Crippen molar-refractivity contribution in [3.05, 3.63) is 53.9 Å². The third kappa shape index (κ3) is 5.04. The Labute approximate surface area is 189 Å². The Bertz CT molecular complexity index is 1160. The van der Waals surface area contributed by atoms with Gasteiger partial charge in [-0.1, -0.05) is 18.2 Å². The molecule has 1 aliphatic heterocycles. The number of nitrogens with one attached hydrogen (secondary N) is 1. The molecule has 4 rings (SSSR count). The number of nitrogens with zero attached hydrogens (tertiary/aromatic N) is 3. The molecule has 9 heteroatoms. The number of hydrogen-bond acceptors (Lipinski definition) is 7. The van der Waals surface area contributed by atoms with Crippen molar-refractivity contribution >= 4 is 34.0 Å². The highest BCUT2D eigenvalue weighted by Crippen LogP contribution is 2.36. The summed E-state index contributed by atoms with van der Waals surface area (Å²) in [6.45, 7) is 0.487. The SMILES string of the molecule is N#CCCN(C(=O)CCC(=O)Nc1nc(-c2ccc3c(c2)OCO3)cs1)c1ccccc1. The van der Waals surface area contributed by atoms with Crippen LogP contribution >= 0.6 is 11.3 Å². The van der Waals surface area contributed by atoms with Gasteiger partial charge in [-0.25, -0.2) is 4.98 Å². The van der Waals surface area contributed by atoms with Gasteiger partial charge in [-0.2, -0.15) is 5.26 Å². The van der Waals surface area contributed by atoms with Crippen LogP contribution in [0.5, 0.6) is 11.5 Å². The number of ether oxygens (including phenoxy) is 2. The summed E-state index contributed by atoms with van der Waals surface area (Å²) in [6.07, 6.45) is 0.273. The molecule has 0 atom stereocenters. The van der Waals surface area contributed by atoms with E-state index in [0.717, 1.165) is 5.56 Å². The average Bonchev–Trinajstić information content (AvgIpc) is 3.47. The summed E-state index contributed by atoms with van der Waals surface area (Å²) in [5.74, 6) is 0.862. The quantitative estimate of drug-likeness (QED) is 0.554. The van der Waals surface area contributed by atoms with E-state index in [4.69, 9.17) is 14.7 Å². The Kier molecular flexibility index (Phi) is 6.63. The third-order valence-electron chi connectivity index (χ3n) is 4.80. The van der Waals surface area contributed by atoms with Crippen LogP contribution in [0.15, 0.2) is 53.9 Å². The Morgan fingerprint density at radius 1 is 1.12 bits per heavy atom. The van der Waals surface area contributed by atoms with Crippen LogP contribution < -0.4 is 19.7 Å². The molecule has 8 nitrogen and oxygen atoms in total. The Morgan fingerprint density at radius 3 is 2.75 bits per heavy atom. The molecule has 1 aromatic heterocycles. The van der Waals surface area contributed by atoms with Crippen molar-refractivity contribution in [2.45, 2.75) is 19.3 Å². The van der Waals surface area contributed by atoms with E-state index in [1.54, 1.807) is 0 Å². The van der Waals surface area contributed by atoms with Crippen LogP contribution in [0, 0.1) is 11.3 Å². The predicted molar refractivity (Wildman–Crippen MR) is 121 cm³/mol. The highest BCUT2D eigenvalue weighted by atomic mass is 32.1. The second-order valence-corrected chi connectivity index (χ2v) is 7.80. The van der Waals surface area contributed by atoms with E-state index in [-0.39, 0.29) is 44.4 Å². The zero-order valence-corrected chi connectivity index (χ0v) is 17.9. The fourth-order valence-corrected chi connectivity index (χ4v) is 3.96. The number of carbonyl (C=O) groups is 2. The minimum absolute atomic E-state index is 0.0215. The molecule has 32 heavy (non-hydrogen) atoms. The monoisotopic (exact) mass is 448 g/mol. The zero-order chi connectivity index (χ0) is 22.3. The van der Waals surface area contributed by atoms with Crippen LogP contribution in [0.3, 0.4) is 0 Å². The molecule has 0 fully saturated rings. The second-order valence-electron chi connectivity index (χ2n) is 6.94. The van der Waals surface area contributed by atoms with Crippen LogP contribution in [0.4, 0.5) is 10.8 Å². The lowest BCUT2D eigenvalue weighted by Crippen LogP contribution is -2.32. The molecule has 1 N–H and O–H groups in total. The summed E-state index contributed by atoms with van der Waals surface area (Å²) in [6, 6.07) is 16.7. The van der Waals surface area contributed by atoms with Crippen molar-refractivity contribution < 1.29 is 19.1 Å². The summed E-state index contributed by atoms with van der Waals surface area (Å²) < 4.78 is 10.7. The zero-order valence-electron chi connectivity index (χ0n) is 17.1. The molecule has 162 valence electrons. The highest BCUT2D eigenvalue weighted by Gasteiger charge is 2.18. The maximum atomic E-state index is 12.7. The maximum absolute atomic E-state index is 12.7. The first kappa shape index (κ1) is 21.3. The molecule has 3 aromatic rings. The number of carbonyl (C=O) groups excluding carboxylic acids is 2. The van der Waals surface area contributed by atoms with Gasteiger partial charge in [-0.05, 0) is 30.3 Å². The highest BCUT2D eigenvalue weighted by molar-refractivity contribution is 7.14. The van der Waals surface area contributed by atoms with Crippen LogP contribution in [0.1, 0.15) is 19.3 Å². The van der Waals surface area contributed by atoms with E-state index in [0.29, 0.717) is 28.0 Å². The van der Waals surface area contributed by atoms with E-state index in [9.17, 15) is 9.59 Å². The summed E-state index contributed by atoms with van der Waals surface area (Å²) in [4.78, 5) is 31.1. The fraction of sp³-hybridized carbons (Fsp3) is 0.217. The topological polar surface area (TPSA) is 105 Å². The van der Waals surface area contributed by atoms with E-state index >= 15 is 0 Å². The van der Waals surface area contributed by atoms with Gasteiger partial charge in [0.1, 0.15) is 0 Å². The van der Waals surface area contributed by atoms with Gasteiger partial charge < -0.3 is 19.7 Å². The van der Waals surface area contributed by atoms with Gasteiger partial charge in [0.15, 0.2) is 16.6 Å². The van der Waals surface area contributed by atoms with Crippen LogP contribution in [0.25, 0.3) is 11.3 Å². The van der Waals surface area contributed by atoms with Gasteiger partial charge >= 0.3 is 0 Å². The number of anilines is 2. The summed E-state index contributed by atoms with van der Waals surface area (Å²) >= 11 is 1.31. The van der Waals surface area contributed by atoms with Gasteiger partial charge in [0.25, 0.3) is 0 Å². The third-order valence-corrected chi connectivity index (χ3v) is 5.56. The number of hydrogen-bond donors (Lipinski definition) is 1. The van der Waals surface area contributed by atoms with Crippen molar-refractivity contribution in [1.82, 2.24) is 4.98 Å². The molecule has 0 saturated carbocycles. The smallest absolute Gasteiger partial charge is 0.231 e. The number of benzene rings is 2. The van der Waals surface area contributed by atoms with E-state index in [1.807, 2.05) is 53.9 Å². The van der Waals surface area contributed by atoms with Crippen molar-refractivity contribution in [2.24, 2.45) is 0 Å². The molecule has 2 aromatic carbocycles. The van der Waals surface area contributed by atoms with Crippen LogP contribution in [0.2, 0.25) is 0 Å². The van der Waals surface area contributed by atoms with Gasteiger partial charge in [-0.3, -0.25) is 9.59 Å². The molecular formula is C23H20N4O4S. The molecule has 0 spiro atoms. The molecular weight excluding hydrogens is 428 g/mol. The van der Waals surface area contributed by atoms with Crippen molar-refractivity contribution in [3.63, 3.8) is 0 Å². The number of fused-ring (bicyclic) bond motifs is 1. The molecule has 2 amide bonds. The van der Waals surface area contributed by atoms with E-state index < -0.39 is 0 Å². The predicted octanol–water partition coefficient (Wildman–Crippen LogP) is 4.20. The maximum Gasteiger partial charge on any atom is 0.231 e. The summed E-state index contributed by atoms with van der Waals surface area (Å²) in [5, 5.41) is 13.9. The first-order valence-electron chi connectivity index (χ1n) is 10.0. The summed E-state index contributed by atoms with van der Waals surface area (Å²) in [7, 11) is 0. The molecule has 2 heterocycles. The molecule has 0 radical (unpaired) electrons. The minimum atomic E-state index is -0.293. The lowest BCUT2D eigenvalue weighted by Gasteiger charge is -2.21. The van der Waals surface area contributed by atoms with Gasteiger partial charge in [-0.15, -0.1) is 11.3 Å². The largest absolute Gasteiger partial charge is 0.454 e. The number of nitriles is 1. The van der Waals surface area contributed by atoms with E-state index in [2.05, 4.69) is 16.4 Å². The Hall–Kier alpha value is -3.90. The molecule has 0 saturated heterocycles. The first-order chi connectivity index (χ1) is 15.6. The number of thiazole rings is 1. The van der Waals surface area contributed by atoms with Crippen molar-refractivity contribution in [1.29, 1.82) is 5.26 Å². The molecule has 0 unspecified atom stereocenters. The molecule has 0 aliphatic carbocycles. The molecule has 0 bridgehead atoms. The summed E-state index contributed by atoms with van der Waals surface area (Å²) in [5.41, 5.74) is 2.28. The Balaban J connectivity index is 1.34. The van der Waals surface area contributed by atoms with Crippen molar-refractivity contribution in [2.75, 3.05) is 23.6 Å². The normalized spacial score (nSPS) is 11.6. The van der Waals surface area contributed by atoms with Gasteiger partial charge in [0.05, 0.1) is 18.2 Å². The lowest BCUT2D eigenvalue weighted by atomic mass is 10.1. The second kappa shape index (κ2) is 9.94. The molecule has 1 aliphatic rings. The van der Waals surface area contributed by atoms with Gasteiger partial charge in [0.2, 0.25) is 18.6 Å². The Morgan fingerprint density at radius 2 is 1.94 bits per heavy atom. The lowest BCUT2D eigenvalue weighted by molar-refractivity contribution is -0.122. The average molecular weight is 449 g/mol. The number of aromatic nitrogens is 1. The number of rotatable bonds is 8. The van der Waals surface area contributed by atoms with Crippen LogP contribution in [-0.4, -0.2) is 30.1 Å². The van der Waals surface area contributed by atoms with Crippen LogP contribution in [-0.2, 0) is 9.59 Å². The number of para-hydroxylation sites is 1. The fourth-order valence-electron chi connectivity index (χ4n) is 3.22. The first-order valence-corrected chi connectivity index (χ1v) is 10.9. The number of amides is 2. The van der Waals surface area contributed by atoms with Crippen molar-refractivity contribution in [3.8, 4) is 28.8 Å². The minimum Gasteiger partial charge on any atom is -0.454 e.